The first-order valence-electron chi connectivity index (χ1n) is 11.1. The molecule has 32 heavy (non-hydrogen) atoms. The van der Waals surface area contributed by atoms with E-state index in [2.05, 4.69) is 10.3 Å². The van der Waals surface area contributed by atoms with Crippen molar-refractivity contribution in [3.05, 3.63) is 65.9 Å². The highest BCUT2D eigenvalue weighted by Gasteiger charge is 2.25. The molecule has 1 fully saturated rings. The molecule has 0 spiro atoms. The van der Waals surface area contributed by atoms with Crippen LogP contribution in [0.2, 0.25) is 0 Å². The monoisotopic (exact) mass is 431 g/mol. The first-order valence-corrected chi connectivity index (χ1v) is 11.1. The Morgan fingerprint density at radius 3 is 2.84 bits per heavy atom. The Bertz CT molecular complexity index is 1130. The van der Waals surface area contributed by atoms with Crippen LogP contribution in [0.15, 0.2) is 54.7 Å². The molecule has 0 unspecified atom stereocenters. The van der Waals surface area contributed by atoms with Crippen LogP contribution >= 0.6 is 0 Å². The number of carbonyl (C=O) groups is 2. The number of aryl methyl sites for hydroxylation is 1. The second-order valence-corrected chi connectivity index (χ2v) is 8.44. The molecule has 4 rings (SSSR count). The van der Waals surface area contributed by atoms with Gasteiger partial charge in [-0.2, -0.15) is 0 Å². The van der Waals surface area contributed by atoms with Crippen LogP contribution in [0.5, 0.6) is 5.75 Å². The van der Waals surface area contributed by atoms with E-state index in [0.717, 1.165) is 53.7 Å². The van der Waals surface area contributed by atoms with E-state index in [9.17, 15) is 9.59 Å². The standard InChI is InChI=1S/C26H29N3O3/c1-18-14-22(32-2)10-11-23(18)28-25(30)12-9-19-6-5-13-29(17-19)26(31)21-15-20-7-3-4-8-24(20)27-16-21/h3-4,7-8,10-11,14-16,19H,5-6,9,12-13,17H2,1-2H3,(H,28,30)/t19-/m1/s1. The van der Waals surface area contributed by atoms with Crippen LogP contribution < -0.4 is 10.1 Å². The van der Waals surface area contributed by atoms with E-state index >= 15 is 0 Å². The van der Waals surface area contributed by atoms with Gasteiger partial charge in [-0.25, -0.2) is 0 Å². The fourth-order valence-corrected chi connectivity index (χ4v) is 4.31. The molecule has 1 aliphatic heterocycles. The smallest absolute Gasteiger partial charge is 0.255 e. The van der Waals surface area contributed by atoms with Gasteiger partial charge < -0.3 is 15.0 Å². The summed E-state index contributed by atoms with van der Waals surface area (Å²) in [7, 11) is 1.63. The number of hydrogen-bond acceptors (Lipinski definition) is 4. The molecule has 0 saturated carbocycles. The largest absolute Gasteiger partial charge is 0.497 e. The number of likely N-dealkylation sites (tertiary alicyclic amines) is 1. The zero-order valence-electron chi connectivity index (χ0n) is 18.6. The summed E-state index contributed by atoms with van der Waals surface area (Å²) < 4.78 is 5.22. The third-order valence-electron chi connectivity index (χ3n) is 6.13. The Morgan fingerprint density at radius 2 is 2.03 bits per heavy atom. The van der Waals surface area contributed by atoms with Gasteiger partial charge in [-0.15, -0.1) is 0 Å². The maximum absolute atomic E-state index is 13.1. The van der Waals surface area contributed by atoms with Crippen molar-refractivity contribution in [3.8, 4) is 5.75 Å². The number of nitrogens with zero attached hydrogens (tertiary/aromatic N) is 2. The van der Waals surface area contributed by atoms with E-state index < -0.39 is 0 Å². The van der Waals surface area contributed by atoms with Gasteiger partial charge in [0.25, 0.3) is 5.91 Å². The van der Waals surface area contributed by atoms with Crippen molar-refractivity contribution in [2.24, 2.45) is 5.92 Å². The molecule has 166 valence electrons. The highest BCUT2D eigenvalue weighted by Crippen LogP contribution is 2.25. The molecule has 0 bridgehead atoms. The first kappa shape index (κ1) is 21.8. The predicted molar refractivity (Wildman–Crippen MR) is 126 cm³/mol. The molecule has 1 N–H and O–H groups in total. The average molecular weight is 432 g/mol. The molecule has 1 saturated heterocycles. The Morgan fingerprint density at radius 1 is 1.19 bits per heavy atom. The number of para-hydroxylation sites is 1. The molecule has 2 aromatic carbocycles. The van der Waals surface area contributed by atoms with Gasteiger partial charge in [0, 0.05) is 36.8 Å². The Kier molecular flexibility index (Phi) is 6.69. The number of methoxy groups -OCH3 is 1. The third-order valence-corrected chi connectivity index (χ3v) is 6.13. The molecule has 0 radical (unpaired) electrons. The summed E-state index contributed by atoms with van der Waals surface area (Å²) in [6, 6.07) is 15.3. The van der Waals surface area contributed by atoms with Crippen LogP contribution in [0, 0.1) is 12.8 Å². The van der Waals surface area contributed by atoms with E-state index in [0.29, 0.717) is 24.4 Å². The SMILES string of the molecule is COc1ccc(NC(=O)CC[C@H]2CCCN(C(=O)c3cnc4ccccc4c3)C2)c(C)c1. The zero-order chi connectivity index (χ0) is 22.5. The minimum atomic E-state index is 0.000413. The van der Waals surface area contributed by atoms with Crippen LogP contribution in [-0.4, -0.2) is 41.9 Å². The third kappa shape index (κ3) is 5.07. The maximum Gasteiger partial charge on any atom is 0.255 e. The van der Waals surface area contributed by atoms with E-state index in [1.807, 2.05) is 60.4 Å². The van der Waals surface area contributed by atoms with Gasteiger partial charge in [-0.1, -0.05) is 18.2 Å². The Balaban J connectivity index is 1.32. The van der Waals surface area contributed by atoms with Crippen molar-refractivity contribution < 1.29 is 14.3 Å². The highest BCUT2D eigenvalue weighted by atomic mass is 16.5. The van der Waals surface area contributed by atoms with Crippen LogP contribution in [0.4, 0.5) is 5.69 Å². The van der Waals surface area contributed by atoms with Crippen LogP contribution in [0.3, 0.4) is 0 Å². The van der Waals surface area contributed by atoms with Gasteiger partial charge >= 0.3 is 0 Å². The van der Waals surface area contributed by atoms with Crippen LogP contribution in [0.1, 0.15) is 41.6 Å². The van der Waals surface area contributed by atoms with E-state index in [1.54, 1.807) is 13.3 Å². The van der Waals surface area contributed by atoms with Crippen molar-refractivity contribution in [2.75, 3.05) is 25.5 Å². The average Bonchev–Trinajstić information content (AvgIpc) is 2.83. The molecule has 1 aliphatic rings. The van der Waals surface area contributed by atoms with Crippen molar-refractivity contribution in [2.45, 2.75) is 32.6 Å². The second kappa shape index (κ2) is 9.81. The van der Waals surface area contributed by atoms with Crippen LogP contribution in [0.25, 0.3) is 10.9 Å². The maximum atomic E-state index is 13.1. The highest BCUT2D eigenvalue weighted by molar-refractivity contribution is 5.97. The minimum Gasteiger partial charge on any atom is -0.497 e. The summed E-state index contributed by atoms with van der Waals surface area (Å²) in [6.45, 7) is 3.38. The number of pyridine rings is 1. The lowest BCUT2D eigenvalue weighted by molar-refractivity contribution is -0.116. The summed E-state index contributed by atoms with van der Waals surface area (Å²) in [6.07, 6.45) is 4.86. The molecule has 3 aromatic rings. The van der Waals surface area contributed by atoms with Gasteiger partial charge in [0.2, 0.25) is 5.91 Å². The van der Waals surface area contributed by atoms with E-state index in [-0.39, 0.29) is 11.8 Å². The molecule has 6 heteroatoms. The molecule has 1 atom stereocenters. The minimum absolute atomic E-state index is 0.000413. The number of hydrogen-bond donors (Lipinski definition) is 1. The summed E-state index contributed by atoms with van der Waals surface area (Å²) in [4.78, 5) is 31.9. The van der Waals surface area contributed by atoms with Crippen molar-refractivity contribution in [1.82, 2.24) is 9.88 Å². The Hall–Kier alpha value is -3.41. The molecule has 2 heterocycles. The molecule has 2 amide bonds. The number of carbonyl (C=O) groups excluding carboxylic acids is 2. The summed E-state index contributed by atoms with van der Waals surface area (Å²) in [5.41, 5.74) is 3.28. The van der Waals surface area contributed by atoms with E-state index in [1.165, 1.54) is 0 Å². The number of aromatic nitrogens is 1. The van der Waals surface area contributed by atoms with Crippen molar-refractivity contribution in [3.63, 3.8) is 0 Å². The Labute approximate surface area is 188 Å². The molecular weight excluding hydrogens is 402 g/mol. The van der Waals surface area contributed by atoms with Crippen molar-refractivity contribution in [1.29, 1.82) is 0 Å². The molecule has 0 aliphatic carbocycles. The number of ether oxygens (including phenoxy) is 1. The number of fused-ring (bicyclic) bond motifs is 1. The summed E-state index contributed by atoms with van der Waals surface area (Å²) >= 11 is 0. The van der Waals surface area contributed by atoms with Gasteiger partial charge in [0.1, 0.15) is 5.75 Å². The fraction of sp³-hybridized carbons (Fsp3) is 0.346. The number of nitrogens with one attached hydrogen (secondary N) is 1. The van der Waals surface area contributed by atoms with Gasteiger partial charge in [-0.3, -0.25) is 14.6 Å². The zero-order valence-corrected chi connectivity index (χ0v) is 18.6. The van der Waals surface area contributed by atoms with Gasteiger partial charge in [0.05, 0.1) is 18.2 Å². The number of amides is 2. The quantitative estimate of drug-likeness (QED) is 0.607. The molecule has 6 nitrogen and oxygen atoms in total. The van der Waals surface area contributed by atoms with Gasteiger partial charge in [-0.05, 0) is 68.0 Å². The lowest BCUT2D eigenvalue weighted by Gasteiger charge is -2.32. The topological polar surface area (TPSA) is 71.5 Å². The number of anilines is 1. The van der Waals surface area contributed by atoms with Crippen molar-refractivity contribution >= 4 is 28.4 Å². The second-order valence-electron chi connectivity index (χ2n) is 8.44. The molecular formula is C26H29N3O3. The predicted octanol–water partition coefficient (Wildman–Crippen LogP) is 4.82. The summed E-state index contributed by atoms with van der Waals surface area (Å²) in [5.74, 6) is 1.12. The lowest BCUT2D eigenvalue weighted by Crippen LogP contribution is -2.40. The normalized spacial score (nSPS) is 16.1. The van der Waals surface area contributed by atoms with Gasteiger partial charge in [0.15, 0.2) is 0 Å². The fourth-order valence-electron chi connectivity index (χ4n) is 4.31. The number of benzene rings is 2. The molecule has 1 aromatic heterocycles. The first-order chi connectivity index (χ1) is 15.5. The van der Waals surface area contributed by atoms with Crippen LogP contribution in [-0.2, 0) is 4.79 Å². The number of rotatable bonds is 6. The summed E-state index contributed by atoms with van der Waals surface area (Å²) in [5, 5.41) is 3.96. The lowest BCUT2D eigenvalue weighted by atomic mass is 9.92. The number of piperidine rings is 1. The van der Waals surface area contributed by atoms with E-state index in [4.69, 9.17) is 4.74 Å².